The van der Waals surface area contributed by atoms with Crippen molar-refractivity contribution in [1.82, 2.24) is 10.2 Å². The molecule has 2 amide bonds. The number of nitrogens with one attached hydrogen (secondary N) is 2. The average molecular weight is 444 g/mol. The predicted octanol–water partition coefficient (Wildman–Crippen LogP) is 5.66. The number of rotatable bonds is 9. The van der Waals surface area contributed by atoms with Crippen LogP contribution < -0.4 is 10.6 Å². The predicted molar refractivity (Wildman–Crippen MR) is 134 cm³/mol. The number of benzene rings is 3. The van der Waals surface area contributed by atoms with Gasteiger partial charge in [-0.15, -0.1) is 0 Å². The standard InChI is InChI=1S/C28H33N3O2/c1-5-31(20(2)3)19-22-14-16-24(17-15-22)27(32)29-21(4)25-12-9-13-26(18-25)30-28(33)23-10-7-6-8-11-23/h6-18,20-21H,5,19H2,1-4H3,(H,29,32)(H,30,33). The molecular formula is C28H33N3O2. The summed E-state index contributed by atoms with van der Waals surface area (Å²) in [6, 6.07) is 24.7. The Morgan fingerprint density at radius 2 is 1.48 bits per heavy atom. The molecule has 0 radical (unpaired) electrons. The molecule has 0 fully saturated rings. The Morgan fingerprint density at radius 3 is 2.12 bits per heavy atom. The fraction of sp³-hybridized carbons (Fsp3) is 0.286. The Kier molecular flexibility index (Phi) is 8.39. The zero-order chi connectivity index (χ0) is 23.8. The lowest BCUT2D eigenvalue weighted by molar-refractivity contribution is 0.0939. The number of hydrogen-bond donors (Lipinski definition) is 2. The van der Waals surface area contributed by atoms with E-state index in [4.69, 9.17) is 0 Å². The first-order valence-corrected chi connectivity index (χ1v) is 11.5. The van der Waals surface area contributed by atoms with Gasteiger partial charge in [0.1, 0.15) is 0 Å². The van der Waals surface area contributed by atoms with Crippen molar-refractivity contribution >= 4 is 17.5 Å². The Morgan fingerprint density at radius 1 is 0.818 bits per heavy atom. The van der Waals surface area contributed by atoms with Crippen molar-refractivity contribution in [2.24, 2.45) is 0 Å². The van der Waals surface area contributed by atoms with Gasteiger partial charge in [0.15, 0.2) is 0 Å². The third kappa shape index (κ3) is 6.77. The highest BCUT2D eigenvalue weighted by atomic mass is 16.2. The van der Waals surface area contributed by atoms with Crippen molar-refractivity contribution in [2.75, 3.05) is 11.9 Å². The normalized spacial score (nSPS) is 11.9. The summed E-state index contributed by atoms with van der Waals surface area (Å²) >= 11 is 0. The van der Waals surface area contributed by atoms with E-state index < -0.39 is 0 Å². The summed E-state index contributed by atoms with van der Waals surface area (Å²) in [5.41, 5.74) is 4.03. The first-order valence-electron chi connectivity index (χ1n) is 11.5. The zero-order valence-electron chi connectivity index (χ0n) is 19.8. The molecule has 172 valence electrons. The van der Waals surface area contributed by atoms with E-state index in [0.717, 1.165) is 18.7 Å². The van der Waals surface area contributed by atoms with Crippen molar-refractivity contribution in [2.45, 2.75) is 46.3 Å². The van der Waals surface area contributed by atoms with Crippen LogP contribution in [0, 0.1) is 0 Å². The molecule has 0 aromatic heterocycles. The van der Waals surface area contributed by atoms with Crippen LogP contribution in [0.5, 0.6) is 0 Å². The maximum atomic E-state index is 12.8. The number of carbonyl (C=O) groups excluding carboxylic acids is 2. The average Bonchev–Trinajstić information content (AvgIpc) is 2.83. The second-order valence-corrected chi connectivity index (χ2v) is 8.49. The largest absolute Gasteiger partial charge is 0.346 e. The SMILES string of the molecule is CCN(Cc1ccc(C(=O)NC(C)c2cccc(NC(=O)c3ccccc3)c2)cc1)C(C)C. The maximum absolute atomic E-state index is 12.8. The van der Waals surface area contributed by atoms with Crippen molar-refractivity contribution in [3.05, 3.63) is 101 Å². The Bertz CT molecular complexity index is 1060. The fourth-order valence-corrected chi connectivity index (χ4v) is 3.70. The molecule has 33 heavy (non-hydrogen) atoms. The third-order valence-electron chi connectivity index (χ3n) is 5.77. The van der Waals surface area contributed by atoms with Gasteiger partial charge in [0, 0.05) is 29.4 Å². The molecule has 0 saturated heterocycles. The first-order chi connectivity index (χ1) is 15.9. The number of hydrogen-bond acceptors (Lipinski definition) is 3. The van der Waals surface area contributed by atoms with E-state index in [1.165, 1.54) is 5.56 Å². The third-order valence-corrected chi connectivity index (χ3v) is 5.77. The minimum Gasteiger partial charge on any atom is -0.346 e. The molecule has 2 N–H and O–H groups in total. The molecule has 1 atom stereocenters. The molecule has 3 aromatic carbocycles. The van der Waals surface area contributed by atoms with Gasteiger partial charge in [-0.05, 0) is 74.8 Å². The lowest BCUT2D eigenvalue weighted by Gasteiger charge is -2.24. The van der Waals surface area contributed by atoms with E-state index in [1.807, 2.05) is 73.7 Å². The topological polar surface area (TPSA) is 61.4 Å². The van der Waals surface area contributed by atoms with Gasteiger partial charge in [0.2, 0.25) is 0 Å². The quantitative estimate of drug-likeness (QED) is 0.449. The molecule has 0 bridgehead atoms. The Hall–Kier alpha value is -3.44. The van der Waals surface area contributed by atoms with Crippen LogP contribution >= 0.6 is 0 Å². The van der Waals surface area contributed by atoms with Gasteiger partial charge in [-0.1, -0.05) is 49.4 Å². The molecule has 0 aliphatic carbocycles. The molecule has 3 aromatic rings. The van der Waals surface area contributed by atoms with Crippen LogP contribution in [0.2, 0.25) is 0 Å². The summed E-state index contributed by atoms with van der Waals surface area (Å²) in [5.74, 6) is -0.285. The summed E-state index contributed by atoms with van der Waals surface area (Å²) in [6.07, 6.45) is 0. The van der Waals surface area contributed by atoms with E-state index >= 15 is 0 Å². The van der Waals surface area contributed by atoms with Crippen LogP contribution in [0.4, 0.5) is 5.69 Å². The number of carbonyl (C=O) groups is 2. The van der Waals surface area contributed by atoms with Crippen LogP contribution in [-0.2, 0) is 6.54 Å². The Balaban J connectivity index is 1.61. The monoisotopic (exact) mass is 443 g/mol. The molecule has 0 aliphatic heterocycles. The first kappa shape index (κ1) is 24.2. The smallest absolute Gasteiger partial charge is 0.255 e. The van der Waals surface area contributed by atoms with Crippen molar-refractivity contribution < 1.29 is 9.59 Å². The molecular weight excluding hydrogens is 410 g/mol. The summed E-state index contributed by atoms with van der Waals surface area (Å²) < 4.78 is 0. The summed E-state index contributed by atoms with van der Waals surface area (Å²) in [4.78, 5) is 27.6. The minimum atomic E-state index is -0.206. The second-order valence-electron chi connectivity index (χ2n) is 8.49. The number of nitrogens with zero attached hydrogens (tertiary/aromatic N) is 1. The van der Waals surface area contributed by atoms with Gasteiger partial charge in [-0.3, -0.25) is 14.5 Å². The highest BCUT2D eigenvalue weighted by Gasteiger charge is 2.14. The van der Waals surface area contributed by atoms with Crippen LogP contribution in [0.3, 0.4) is 0 Å². The van der Waals surface area contributed by atoms with Gasteiger partial charge in [-0.25, -0.2) is 0 Å². The van der Waals surface area contributed by atoms with Gasteiger partial charge < -0.3 is 10.6 Å². The molecule has 0 saturated carbocycles. The molecule has 3 rings (SSSR count). The summed E-state index contributed by atoms with van der Waals surface area (Å²) in [5, 5.41) is 5.97. The van der Waals surface area contributed by atoms with Crippen molar-refractivity contribution in [1.29, 1.82) is 0 Å². The maximum Gasteiger partial charge on any atom is 0.255 e. The lowest BCUT2D eigenvalue weighted by Crippen LogP contribution is -2.30. The number of anilines is 1. The molecule has 1 unspecified atom stereocenters. The molecule has 0 aliphatic rings. The van der Waals surface area contributed by atoms with Gasteiger partial charge in [0.05, 0.1) is 6.04 Å². The van der Waals surface area contributed by atoms with E-state index in [-0.39, 0.29) is 17.9 Å². The summed E-state index contributed by atoms with van der Waals surface area (Å²) in [7, 11) is 0. The van der Waals surface area contributed by atoms with Gasteiger partial charge in [-0.2, -0.15) is 0 Å². The molecule has 0 heterocycles. The fourth-order valence-electron chi connectivity index (χ4n) is 3.70. The molecule has 0 spiro atoms. The summed E-state index contributed by atoms with van der Waals surface area (Å²) in [6.45, 7) is 10.3. The molecule has 5 heteroatoms. The van der Waals surface area contributed by atoms with Crippen LogP contribution in [-0.4, -0.2) is 29.3 Å². The highest BCUT2D eigenvalue weighted by molar-refractivity contribution is 6.04. The Labute approximate surface area is 196 Å². The van der Waals surface area contributed by atoms with Crippen LogP contribution in [0.1, 0.15) is 65.6 Å². The van der Waals surface area contributed by atoms with Gasteiger partial charge >= 0.3 is 0 Å². The van der Waals surface area contributed by atoms with Crippen LogP contribution in [0.25, 0.3) is 0 Å². The van der Waals surface area contributed by atoms with Crippen LogP contribution in [0.15, 0.2) is 78.9 Å². The minimum absolute atomic E-state index is 0.121. The van der Waals surface area contributed by atoms with E-state index in [2.05, 4.69) is 36.3 Å². The van der Waals surface area contributed by atoms with Crippen molar-refractivity contribution in [3.8, 4) is 0 Å². The van der Waals surface area contributed by atoms with E-state index in [1.54, 1.807) is 12.1 Å². The lowest BCUT2D eigenvalue weighted by atomic mass is 10.1. The molecule has 5 nitrogen and oxygen atoms in total. The van der Waals surface area contributed by atoms with Gasteiger partial charge in [0.25, 0.3) is 11.8 Å². The van der Waals surface area contributed by atoms with E-state index in [0.29, 0.717) is 22.9 Å². The highest BCUT2D eigenvalue weighted by Crippen LogP contribution is 2.19. The second kappa shape index (κ2) is 11.4. The zero-order valence-corrected chi connectivity index (χ0v) is 19.8. The number of amides is 2. The van der Waals surface area contributed by atoms with Crippen molar-refractivity contribution in [3.63, 3.8) is 0 Å². The van der Waals surface area contributed by atoms with E-state index in [9.17, 15) is 9.59 Å².